The number of rotatable bonds is 7. The van der Waals surface area contributed by atoms with E-state index in [2.05, 4.69) is 42.2 Å². The highest BCUT2D eigenvalue weighted by Gasteiger charge is 2.29. The van der Waals surface area contributed by atoms with Crippen LogP contribution in [0, 0.1) is 5.92 Å². The molecule has 0 radical (unpaired) electrons. The molecule has 0 saturated carbocycles. The van der Waals surface area contributed by atoms with Gasteiger partial charge in [0.1, 0.15) is 6.04 Å². The Bertz CT molecular complexity index is 424. The van der Waals surface area contributed by atoms with E-state index in [1.807, 2.05) is 0 Å². The highest BCUT2D eigenvalue weighted by Crippen LogP contribution is 2.24. The Hall–Kier alpha value is -1.35. The minimum absolute atomic E-state index is 0.275. The fourth-order valence-electron chi connectivity index (χ4n) is 3.28. The van der Waals surface area contributed by atoms with Gasteiger partial charge in [-0.1, -0.05) is 50.1 Å². The standard InChI is InChI=1S/C18H27NO2/c1-2-3-9-17(18(20)21)19-12-10-16(11-13-19)14-15-7-5-4-6-8-15/h4-8,16-17H,2-3,9-14H2,1H3,(H,20,21). The van der Waals surface area contributed by atoms with Crippen molar-refractivity contribution in [2.45, 2.75) is 51.5 Å². The lowest BCUT2D eigenvalue weighted by molar-refractivity contribution is -0.144. The third-order valence-corrected chi connectivity index (χ3v) is 4.57. The third kappa shape index (κ3) is 4.85. The first kappa shape index (κ1) is 16.0. The fourth-order valence-corrected chi connectivity index (χ4v) is 3.28. The molecule has 2 rings (SSSR count). The number of nitrogens with zero attached hydrogens (tertiary/aromatic N) is 1. The molecule has 21 heavy (non-hydrogen) atoms. The molecule has 0 aromatic heterocycles. The summed E-state index contributed by atoms with van der Waals surface area (Å²) in [5, 5.41) is 9.41. The van der Waals surface area contributed by atoms with Gasteiger partial charge in [0.05, 0.1) is 0 Å². The van der Waals surface area contributed by atoms with Crippen LogP contribution in [0.5, 0.6) is 0 Å². The molecular formula is C18H27NO2. The summed E-state index contributed by atoms with van der Waals surface area (Å²) in [6.45, 7) is 3.97. The van der Waals surface area contributed by atoms with E-state index in [0.717, 1.165) is 51.6 Å². The molecule has 0 aliphatic carbocycles. The third-order valence-electron chi connectivity index (χ3n) is 4.57. The number of carbonyl (C=O) groups is 1. The maximum atomic E-state index is 11.4. The molecule has 0 spiro atoms. The summed E-state index contributed by atoms with van der Waals surface area (Å²) in [4.78, 5) is 13.6. The van der Waals surface area contributed by atoms with Crippen LogP contribution >= 0.6 is 0 Å². The maximum Gasteiger partial charge on any atom is 0.320 e. The van der Waals surface area contributed by atoms with E-state index in [1.54, 1.807) is 0 Å². The van der Waals surface area contributed by atoms with Gasteiger partial charge in [-0.25, -0.2) is 0 Å². The minimum Gasteiger partial charge on any atom is -0.480 e. The number of hydrogen-bond donors (Lipinski definition) is 1. The van der Waals surface area contributed by atoms with Crippen LogP contribution < -0.4 is 0 Å². The zero-order chi connectivity index (χ0) is 15.1. The summed E-state index contributed by atoms with van der Waals surface area (Å²) in [7, 11) is 0. The highest BCUT2D eigenvalue weighted by atomic mass is 16.4. The summed E-state index contributed by atoms with van der Waals surface area (Å²) in [5.41, 5.74) is 1.40. The zero-order valence-electron chi connectivity index (χ0n) is 13.0. The van der Waals surface area contributed by atoms with E-state index in [1.165, 1.54) is 5.56 Å². The fraction of sp³-hybridized carbons (Fsp3) is 0.611. The quantitative estimate of drug-likeness (QED) is 0.834. The van der Waals surface area contributed by atoms with E-state index in [-0.39, 0.29) is 6.04 Å². The van der Waals surface area contributed by atoms with Crippen molar-refractivity contribution in [3.8, 4) is 0 Å². The first-order chi connectivity index (χ1) is 10.2. The normalized spacial score (nSPS) is 18.5. The zero-order valence-corrected chi connectivity index (χ0v) is 13.0. The van der Waals surface area contributed by atoms with Crippen molar-refractivity contribution >= 4 is 5.97 Å². The van der Waals surface area contributed by atoms with Gasteiger partial charge in [-0.3, -0.25) is 9.69 Å². The van der Waals surface area contributed by atoms with Gasteiger partial charge in [0.2, 0.25) is 0 Å². The Morgan fingerprint density at radius 3 is 2.52 bits per heavy atom. The predicted molar refractivity (Wildman–Crippen MR) is 85.4 cm³/mol. The van der Waals surface area contributed by atoms with E-state index in [9.17, 15) is 9.90 Å². The first-order valence-electron chi connectivity index (χ1n) is 8.21. The van der Waals surface area contributed by atoms with Crippen LogP contribution in [-0.2, 0) is 11.2 Å². The molecule has 1 atom stereocenters. The second-order valence-corrected chi connectivity index (χ2v) is 6.17. The number of aliphatic carboxylic acids is 1. The SMILES string of the molecule is CCCCC(C(=O)O)N1CCC(Cc2ccccc2)CC1. The van der Waals surface area contributed by atoms with Crippen LogP contribution in [0.4, 0.5) is 0 Å². The molecule has 0 amide bonds. The van der Waals surface area contributed by atoms with Gasteiger partial charge >= 0.3 is 5.97 Å². The van der Waals surface area contributed by atoms with Crippen molar-refractivity contribution in [1.82, 2.24) is 4.90 Å². The predicted octanol–water partition coefficient (Wildman–Crippen LogP) is 3.58. The number of unbranched alkanes of at least 4 members (excludes halogenated alkanes) is 1. The van der Waals surface area contributed by atoms with E-state index < -0.39 is 5.97 Å². The van der Waals surface area contributed by atoms with E-state index in [4.69, 9.17) is 0 Å². The molecule has 1 saturated heterocycles. The lowest BCUT2D eigenvalue weighted by Crippen LogP contribution is -2.45. The summed E-state index contributed by atoms with van der Waals surface area (Å²) in [6, 6.07) is 10.3. The number of hydrogen-bond acceptors (Lipinski definition) is 2. The average molecular weight is 289 g/mol. The first-order valence-corrected chi connectivity index (χ1v) is 8.21. The monoisotopic (exact) mass is 289 g/mol. The largest absolute Gasteiger partial charge is 0.480 e. The van der Waals surface area contributed by atoms with Crippen LogP contribution in [-0.4, -0.2) is 35.1 Å². The van der Waals surface area contributed by atoms with Crippen molar-refractivity contribution in [3.05, 3.63) is 35.9 Å². The second kappa shape index (κ2) is 8.18. The van der Waals surface area contributed by atoms with Crippen LogP contribution in [0.3, 0.4) is 0 Å². The molecule has 1 aromatic carbocycles. The molecular weight excluding hydrogens is 262 g/mol. The smallest absolute Gasteiger partial charge is 0.320 e. The van der Waals surface area contributed by atoms with Crippen LogP contribution in [0.2, 0.25) is 0 Å². The minimum atomic E-state index is -0.648. The van der Waals surface area contributed by atoms with Gasteiger partial charge in [-0.05, 0) is 50.3 Å². The number of likely N-dealkylation sites (tertiary alicyclic amines) is 1. The van der Waals surface area contributed by atoms with Crippen molar-refractivity contribution in [3.63, 3.8) is 0 Å². The molecule has 1 unspecified atom stereocenters. The maximum absolute atomic E-state index is 11.4. The topological polar surface area (TPSA) is 40.5 Å². The van der Waals surface area contributed by atoms with Gasteiger partial charge in [0, 0.05) is 0 Å². The number of carboxylic acid groups (broad SMARTS) is 1. The summed E-state index contributed by atoms with van der Waals surface area (Å²) < 4.78 is 0. The molecule has 3 nitrogen and oxygen atoms in total. The Morgan fingerprint density at radius 1 is 1.29 bits per heavy atom. The van der Waals surface area contributed by atoms with Gasteiger partial charge in [0.25, 0.3) is 0 Å². The molecule has 1 aromatic rings. The van der Waals surface area contributed by atoms with Crippen LogP contribution in [0.25, 0.3) is 0 Å². The van der Waals surface area contributed by atoms with E-state index in [0.29, 0.717) is 5.92 Å². The highest BCUT2D eigenvalue weighted by molar-refractivity contribution is 5.73. The number of carboxylic acids is 1. The molecule has 1 fully saturated rings. The lowest BCUT2D eigenvalue weighted by atomic mass is 9.89. The van der Waals surface area contributed by atoms with Crippen LogP contribution in [0.1, 0.15) is 44.6 Å². The van der Waals surface area contributed by atoms with Crippen molar-refractivity contribution in [2.24, 2.45) is 5.92 Å². The Labute approximate surface area is 128 Å². The Morgan fingerprint density at radius 2 is 1.95 bits per heavy atom. The van der Waals surface area contributed by atoms with Gasteiger partial charge in [0.15, 0.2) is 0 Å². The van der Waals surface area contributed by atoms with Crippen LogP contribution in [0.15, 0.2) is 30.3 Å². The Kier molecular flexibility index (Phi) is 6.24. The van der Waals surface area contributed by atoms with Crippen molar-refractivity contribution < 1.29 is 9.90 Å². The molecule has 1 heterocycles. The second-order valence-electron chi connectivity index (χ2n) is 6.17. The number of piperidine rings is 1. The van der Waals surface area contributed by atoms with Crippen molar-refractivity contribution in [1.29, 1.82) is 0 Å². The Balaban J connectivity index is 1.82. The summed E-state index contributed by atoms with van der Waals surface area (Å²) >= 11 is 0. The lowest BCUT2D eigenvalue weighted by Gasteiger charge is -2.35. The molecule has 1 N–H and O–H groups in total. The average Bonchev–Trinajstić information content (AvgIpc) is 2.50. The van der Waals surface area contributed by atoms with Gasteiger partial charge in [-0.15, -0.1) is 0 Å². The molecule has 0 bridgehead atoms. The van der Waals surface area contributed by atoms with E-state index >= 15 is 0 Å². The van der Waals surface area contributed by atoms with Gasteiger partial charge < -0.3 is 5.11 Å². The molecule has 1 aliphatic heterocycles. The molecule has 3 heteroatoms. The molecule has 116 valence electrons. The number of benzene rings is 1. The van der Waals surface area contributed by atoms with Crippen molar-refractivity contribution in [2.75, 3.05) is 13.1 Å². The molecule has 1 aliphatic rings. The summed E-state index contributed by atoms with van der Waals surface area (Å²) in [5.74, 6) is 0.0502. The van der Waals surface area contributed by atoms with Gasteiger partial charge in [-0.2, -0.15) is 0 Å². The summed E-state index contributed by atoms with van der Waals surface area (Å²) in [6.07, 6.45) is 6.21.